The van der Waals surface area contributed by atoms with Crippen LogP contribution in [-0.4, -0.2) is 36.1 Å². The Kier molecular flexibility index (Phi) is 7.24. The van der Waals surface area contributed by atoms with Gasteiger partial charge in [0.1, 0.15) is 6.29 Å². The van der Waals surface area contributed by atoms with Crippen LogP contribution < -0.4 is 5.32 Å². The van der Waals surface area contributed by atoms with Crippen LogP contribution in [-0.2, 0) is 16.1 Å². The molecule has 22 heavy (non-hydrogen) atoms. The third-order valence-corrected chi connectivity index (χ3v) is 4.18. The summed E-state index contributed by atoms with van der Waals surface area (Å²) in [6.45, 7) is 4.40. The lowest BCUT2D eigenvalue weighted by molar-refractivity contribution is -0.121. The molecule has 1 heterocycles. The molecule has 0 saturated heterocycles. The number of carbonyl (C=O) groups is 3. The Morgan fingerprint density at radius 1 is 1.45 bits per heavy atom. The molecular weight excluding hydrogens is 348 g/mol. The van der Waals surface area contributed by atoms with Crippen LogP contribution in [0, 0.1) is 0 Å². The van der Waals surface area contributed by atoms with Crippen molar-refractivity contribution in [3.8, 4) is 0 Å². The van der Waals surface area contributed by atoms with Crippen molar-refractivity contribution in [2.24, 2.45) is 0 Å². The van der Waals surface area contributed by atoms with E-state index in [2.05, 4.69) is 21.2 Å². The quantitative estimate of drug-likeness (QED) is 0.812. The molecule has 1 aliphatic heterocycles. The predicted octanol–water partition coefficient (Wildman–Crippen LogP) is 2.52. The van der Waals surface area contributed by atoms with Crippen LogP contribution in [0.4, 0.5) is 0 Å². The summed E-state index contributed by atoms with van der Waals surface area (Å²) < 4.78 is 0.863. The molecule has 0 spiro atoms. The van der Waals surface area contributed by atoms with Gasteiger partial charge in [-0.1, -0.05) is 35.8 Å². The maximum atomic E-state index is 12.3. The minimum Gasteiger partial charge on any atom is -0.359 e. The molecule has 120 valence electrons. The van der Waals surface area contributed by atoms with Crippen LogP contribution in [0.5, 0.6) is 0 Å². The Labute approximate surface area is 139 Å². The lowest BCUT2D eigenvalue weighted by atomic mass is 10.1. The van der Waals surface area contributed by atoms with Gasteiger partial charge in [-0.2, -0.15) is 0 Å². The van der Waals surface area contributed by atoms with Crippen molar-refractivity contribution < 1.29 is 14.4 Å². The van der Waals surface area contributed by atoms with Crippen molar-refractivity contribution in [2.75, 3.05) is 7.05 Å². The van der Waals surface area contributed by atoms with E-state index in [0.29, 0.717) is 18.5 Å². The van der Waals surface area contributed by atoms with Gasteiger partial charge in [0.2, 0.25) is 5.91 Å². The Hall–Kier alpha value is -1.69. The van der Waals surface area contributed by atoms with Crippen molar-refractivity contribution >= 4 is 34.0 Å². The number of hydrogen-bond acceptors (Lipinski definition) is 3. The molecule has 1 aliphatic rings. The number of hydrogen-bond donors (Lipinski definition) is 1. The standard InChI is InChI=1S/C14H15BrN2O3.C2H6/c1-16-13(19)6-5-9(8-18)17-7-11-10(14(17)20)3-2-4-12(11)15;1-2/h2-4,8-9H,5-7H2,1H3,(H,16,19);1-2H3. The Balaban J connectivity index is 0.00000116. The first-order valence-corrected chi connectivity index (χ1v) is 8.12. The summed E-state index contributed by atoms with van der Waals surface area (Å²) in [6, 6.07) is 4.85. The van der Waals surface area contributed by atoms with Gasteiger partial charge >= 0.3 is 0 Å². The summed E-state index contributed by atoms with van der Waals surface area (Å²) in [5.74, 6) is -0.294. The Morgan fingerprint density at radius 3 is 2.68 bits per heavy atom. The van der Waals surface area contributed by atoms with Gasteiger partial charge in [0.05, 0.1) is 6.04 Å². The summed E-state index contributed by atoms with van der Waals surface area (Å²) in [5.41, 5.74) is 1.51. The molecule has 5 nitrogen and oxygen atoms in total. The fraction of sp³-hybridized carbons (Fsp3) is 0.438. The van der Waals surface area contributed by atoms with Crippen molar-refractivity contribution in [1.29, 1.82) is 0 Å². The number of nitrogens with one attached hydrogen (secondary N) is 1. The van der Waals surface area contributed by atoms with Gasteiger partial charge in [0.25, 0.3) is 5.91 Å². The molecule has 6 heteroatoms. The van der Waals surface area contributed by atoms with Crippen LogP contribution in [0.1, 0.15) is 42.6 Å². The molecule has 1 aromatic rings. The van der Waals surface area contributed by atoms with E-state index >= 15 is 0 Å². The second-order valence-corrected chi connectivity index (χ2v) is 5.47. The maximum Gasteiger partial charge on any atom is 0.255 e. The second kappa shape index (κ2) is 8.68. The monoisotopic (exact) mass is 368 g/mol. The molecule has 2 rings (SSSR count). The molecule has 2 amide bonds. The SMILES string of the molecule is CC.CNC(=O)CCC(C=O)N1Cc2c(Br)cccc2C1=O. The molecule has 1 aromatic carbocycles. The molecular formula is C16H21BrN2O3. The zero-order valence-electron chi connectivity index (χ0n) is 13.1. The molecule has 0 aromatic heterocycles. The van der Waals surface area contributed by atoms with Crippen molar-refractivity contribution in [3.63, 3.8) is 0 Å². The van der Waals surface area contributed by atoms with E-state index in [4.69, 9.17) is 0 Å². The van der Waals surface area contributed by atoms with Crippen molar-refractivity contribution in [3.05, 3.63) is 33.8 Å². The maximum absolute atomic E-state index is 12.3. The average molecular weight is 369 g/mol. The largest absolute Gasteiger partial charge is 0.359 e. The van der Waals surface area contributed by atoms with E-state index in [1.807, 2.05) is 19.9 Å². The number of nitrogens with zero attached hydrogens (tertiary/aromatic N) is 1. The van der Waals surface area contributed by atoms with Gasteiger partial charge in [-0.3, -0.25) is 9.59 Å². The summed E-state index contributed by atoms with van der Waals surface area (Å²) in [5, 5.41) is 2.51. The zero-order chi connectivity index (χ0) is 16.7. The zero-order valence-corrected chi connectivity index (χ0v) is 14.6. The van der Waals surface area contributed by atoms with Gasteiger partial charge < -0.3 is 15.0 Å². The van der Waals surface area contributed by atoms with Gasteiger partial charge in [0.15, 0.2) is 0 Å². The third kappa shape index (κ3) is 3.94. The first-order chi connectivity index (χ1) is 10.6. The number of benzene rings is 1. The van der Waals surface area contributed by atoms with Crippen LogP contribution in [0.25, 0.3) is 0 Å². The molecule has 0 radical (unpaired) electrons. The number of amides is 2. The van der Waals surface area contributed by atoms with E-state index < -0.39 is 6.04 Å². The third-order valence-electron chi connectivity index (χ3n) is 3.44. The number of halogens is 1. The smallest absolute Gasteiger partial charge is 0.255 e. The van der Waals surface area contributed by atoms with E-state index in [1.54, 1.807) is 19.2 Å². The summed E-state index contributed by atoms with van der Waals surface area (Å²) >= 11 is 3.42. The van der Waals surface area contributed by atoms with Crippen LogP contribution >= 0.6 is 15.9 Å². The summed E-state index contributed by atoms with van der Waals surface area (Å²) in [4.78, 5) is 36.3. The molecule has 0 aliphatic carbocycles. The summed E-state index contributed by atoms with van der Waals surface area (Å²) in [6.07, 6.45) is 1.29. The Morgan fingerprint density at radius 2 is 2.14 bits per heavy atom. The molecule has 1 N–H and O–H groups in total. The van der Waals surface area contributed by atoms with Crippen LogP contribution in [0.15, 0.2) is 22.7 Å². The van der Waals surface area contributed by atoms with E-state index in [-0.39, 0.29) is 18.2 Å². The van der Waals surface area contributed by atoms with Gasteiger partial charge in [-0.25, -0.2) is 0 Å². The topological polar surface area (TPSA) is 66.5 Å². The number of fused-ring (bicyclic) bond motifs is 1. The first-order valence-electron chi connectivity index (χ1n) is 7.32. The van der Waals surface area contributed by atoms with E-state index in [0.717, 1.165) is 16.3 Å². The highest BCUT2D eigenvalue weighted by atomic mass is 79.9. The highest BCUT2D eigenvalue weighted by Gasteiger charge is 2.33. The average Bonchev–Trinajstić information content (AvgIpc) is 2.89. The van der Waals surface area contributed by atoms with Crippen LogP contribution in [0.2, 0.25) is 0 Å². The number of rotatable bonds is 5. The fourth-order valence-electron chi connectivity index (χ4n) is 2.29. The van der Waals surface area contributed by atoms with Gasteiger partial charge in [0, 0.05) is 30.0 Å². The molecule has 0 saturated carbocycles. The number of carbonyl (C=O) groups excluding carboxylic acids is 3. The molecule has 0 fully saturated rings. The van der Waals surface area contributed by atoms with Crippen molar-refractivity contribution in [1.82, 2.24) is 10.2 Å². The highest BCUT2D eigenvalue weighted by Crippen LogP contribution is 2.30. The molecule has 1 unspecified atom stereocenters. The van der Waals surface area contributed by atoms with E-state index in [1.165, 1.54) is 4.90 Å². The van der Waals surface area contributed by atoms with Crippen molar-refractivity contribution in [2.45, 2.75) is 39.3 Å². The van der Waals surface area contributed by atoms with E-state index in [9.17, 15) is 14.4 Å². The normalized spacial score (nSPS) is 13.8. The molecule has 1 atom stereocenters. The Bertz CT molecular complexity index is 560. The summed E-state index contributed by atoms with van der Waals surface area (Å²) in [7, 11) is 1.55. The minimum atomic E-state index is -0.570. The lowest BCUT2D eigenvalue weighted by Crippen LogP contribution is -2.37. The second-order valence-electron chi connectivity index (χ2n) is 4.61. The predicted molar refractivity (Wildman–Crippen MR) is 88.5 cm³/mol. The molecule has 0 bridgehead atoms. The first kappa shape index (κ1) is 18.4. The number of aldehydes is 1. The van der Waals surface area contributed by atoms with Crippen LogP contribution in [0.3, 0.4) is 0 Å². The van der Waals surface area contributed by atoms with Gasteiger partial charge in [-0.15, -0.1) is 0 Å². The minimum absolute atomic E-state index is 0.137. The van der Waals surface area contributed by atoms with Gasteiger partial charge in [-0.05, 0) is 24.1 Å². The lowest BCUT2D eigenvalue weighted by Gasteiger charge is -2.22. The fourth-order valence-corrected chi connectivity index (χ4v) is 2.78. The highest BCUT2D eigenvalue weighted by molar-refractivity contribution is 9.10.